The van der Waals surface area contributed by atoms with E-state index in [1.54, 1.807) is 0 Å². The third-order valence-electron chi connectivity index (χ3n) is 6.64. The fourth-order valence-electron chi connectivity index (χ4n) is 4.80. The molecular formula is C32H50N4. The minimum Gasteiger partial charge on any atom is -0.349 e. The molecule has 0 aromatic heterocycles. The van der Waals surface area contributed by atoms with Crippen LogP contribution in [-0.4, -0.2) is 44.0 Å². The molecule has 0 radical (unpaired) electrons. The van der Waals surface area contributed by atoms with Crippen molar-refractivity contribution >= 4 is 11.6 Å². The average molecular weight is 491 g/mol. The molecule has 0 heterocycles. The van der Waals surface area contributed by atoms with Crippen LogP contribution in [0.3, 0.4) is 0 Å². The summed E-state index contributed by atoms with van der Waals surface area (Å²) in [6, 6.07) is 13.4. The van der Waals surface area contributed by atoms with Crippen molar-refractivity contribution < 1.29 is 0 Å². The first-order chi connectivity index (χ1) is 16.8. The molecule has 0 aliphatic rings. The normalized spacial score (nSPS) is 12.1. The SMILES string of the molecule is CC(C)c1cccc(C(C)C)c1C/C=C(/N=C(N(C)C)N(C)C)Nc1c(C(C)C)cccc1C(C)C. The quantitative estimate of drug-likeness (QED) is 0.284. The van der Waals surface area contributed by atoms with Crippen molar-refractivity contribution in [1.29, 1.82) is 0 Å². The van der Waals surface area contributed by atoms with E-state index in [2.05, 4.69) is 113 Å². The Morgan fingerprint density at radius 1 is 0.694 bits per heavy atom. The highest BCUT2D eigenvalue weighted by Crippen LogP contribution is 2.34. The van der Waals surface area contributed by atoms with Crippen LogP contribution in [0.4, 0.5) is 5.69 Å². The minimum absolute atomic E-state index is 0.410. The summed E-state index contributed by atoms with van der Waals surface area (Å²) in [4.78, 5) is 9.28. The summed E-state index contributed by atoms with van der Waals surface area (Å²) in [6.07, 6.45) is 3.12. The minimum atomic E-state index is 0.410. The number of anilines is 1. The number of guanidine groups is 1. The van der Waals surface area contributed by atoms with E-state index in [-0.39, 0.29) is 0 Å². The number of hydrogen-bond donors (Lipinski definition) is 1. The Bertz CT molecular complexity index is 993. The van der Waals surface area contributed by atoms with Crippen molar-refractivity contribution in [2.45, 2.75) is 85.5 Å². The second kappa shape index (κ2) is 13.0. The maximum atomic E-state index is 5.15. The fourth-order valence-corrected chi connectivity index (χ4v) is 4.80. The number of nitrogens with one attached hydrogen (secondary N) is 1. The number of allylic oxidation sites excluding steroid dienone is 1. The zero-order chi connectivity index (χ0) is 27.2. The molecule has 2 aromatic rings. The monoisotopic (exact) mass is 490 g/mol. The van der Waals surface area contributed by atoms with Crippen LogP contribution in [0.15, 0.2) is 53.3 Å². The van der Waals surface area contributed by atoms with Gasteiger partial charge in [0.1, 0.15) is 5.82 Å². The van der Waals surface area contributed by atoms with Gasteiger partial charge in [-0.05, 0) is 64.0 Å². The molecule has 0 unspecified atom stereocenters. The molecule has 0 atom stereocenters. The second-order valence-corrected chi connectivity index (χ2v) is 11.5. The molecule has 0 saturated heterocycles. The number of benzene rings is 2. The van der Waals surface area contributed by atoms with Crippen molar-refractivity contribution in [2.75, 3.05) is 33.5 Å². The first-order valence-electron chi connectivity index (χ1n) is 13.5. The summed E-state index contributed by atoms with van der Waals surface area (Å²) in [5, 5.41) is 3.81. The second-order valence-electron chi connectivity index (χ2n) is 11.5. The number of para-hydroxylation sites is 1. The fraction of sp³-hybridized carbons (Fsp3) is 0.531. The van der Waals surface area contributed by atoms with Crippen LogP contribution in [0, 0.1) is 0 Å². The van der Waals surface area contributed by atoms with Crippen molar-refractivity contribution in [2.24, 2.45) is 4.99 Å². The van der Waals surface area contributed by atoms with Crippen molar-refractivity contribution in [3.8, 4) is 0 Å². The van der Waals surface area contributed by atoms with Gasteiger partial charge < -0.3 is 15.1 Å². The van der Waals surface area contributed by atoms with E-state index < -0.39 is 0 Å². The van der Waals surface area contributed by atoms with E-state index in [1.807, 2.05) is 28.2 Å². The standard InChI is InChI=1S/C32H50N4/c1-21(2)25-15-13-16-26(22(3)4)29(25)19-20-30(34-32(35(9)10)36(11)12)33-31-27(23(5)6)17-14-18-28(31)24(7)8/h13-18,20-24,33H,19H2,1-12H3/b30-20+. The summed E-state index contributed by atoms with van der Waals surface area (Å²) >= 11 is 0. The Hall–Kier alpha value is -2.75. The number of hydrogen-bond acceptors (Lipinski definition) is 2. The highest BCUT2D eigenvalue weighted by Gasteiger charge is 2.17. The van der Waals surface area contributed by atoms with Crippen LogP contribution in [0.5, 0.6) is 0 Å². The molecule has 36 heavy (non-hydrogen) atoms. The molecule has 4 heteroatoms. The van der Waals surface area contributed by atoms with Gasteiger partial charge >= 0.3 is 0 Å². The molecular weight excluding hydrogens is 440 g/mol. The number of nitrogens with zero attached hydrogens (tertiary/aromatic N) is 3. The Kier molecular flexibility index (Phi) is 10.6. The molecule has 0 bridgehead atoms. The summed E-state index contributed by atoms with van der Waals surface area (Å²) in [5.41, 5.74) is 8.11. The molecule has 0 saturated carbocycles. The zero-order valence-electron chi connectivity index (χ0n) is 24.9. The summed E-state index contributed by atoms with van der Waals surface area (Å²) in [5.74, 6) is 3.56. The van der Waals surface area contributed by atoms with Gasteiger partial charge in [-0.2, -0.15) is 4.99 Å². The molecule has 2 rings (SSSR count). The van der Waals surface area contributed by atoms with Gasteiger partial charge in [0.15, 0.2) is 0 Å². The van der Waals surface area contributed by atoms with Crippen LogP contribution < -0.4 is 5.32 Å². The number of aliphatic imine (C=N–C) groups is 1. The van der Waals surface area contributed by atoms with Crippen molar-refractivity contribution in [1.82, 2.24) is 9.80 Å². The molecule has 198 valence electrons. The van der Waals surface area contributed by atoms with Crippen molar-refractivity contribution in [3.05, 3.63) is 76.1 Å². The number of rotatable bonds is 9. The first-order valence-corrected chi connectivity index (χ1v) is 13.5. The molecule has 0 aliphatic heterocycles. The molecule has 0 amide bonds. The van der Waals surface area contributed by atoms with Gasteiger partial charge in [0.25, 0.3) is 0 Å². The molecule has 0 fully saturated rings. The van der Waals surface area contributed by atoms with Crippen LogP contribution >= 0.6 is 0 Å². The highest BCUT2D eigenvalue weighted by molar-refractivity contribution is 5.80. The third-order valence-corrected chi connectivity index (χ3v) is 6.64. The Morgan fingerprint density at radius 2 is 1.08 bits per heavy atom. The van der Waals surface area contributed by atoms with Gasteiger partial charge in [0, 0.05) is 33.9 Å². The van der Waals surface area contributed by atoms with Gasteiger partial charge in [0.05, 0.1) is 0 Å². The molecule has 0 spiro atoms. The maximum absolute atomic E-state index is 5.15. The van der Waals surface area contributed by atoms with Crippen molar-refractivity contribution in [3.63, 3.8) is 0 Å². The summed E-state index contributed by atoms with van der Waals surface area (Å²) in [6.45, 7) is 18.2. The van der Waals surface area contributed by atoms with Gasteiger partial charge in [-0.15, -0.1) is 0 Å². The molecule has 0 aliphatic carbocycles. The lowest BCUT2D eigenvalue weighted by Gasteiger charge is -2.25. The van der Waals surface area contributed by atoms with Gasteiger partial charge in [-0.25, -0.2) is 0 Å². The van der Waals surface area contributed by atoms with E-state index in [4.69, 9.17) is 4.99 Å². The Labute approximate surface area is 221 Å². The lowest BCUT2D eigenvalue weighted by molar-refractivity contribution is 0.483. The van der Waals surface area contributed by atoms with E-state index >= 15 is 0 Å². The van der Waals surface area contributed by atoms with Gasteiger partial charge in [0.2, 0.25) is 5.96 Å². The predicted octanol–water partition coefficient (Wildman–Crippen LogP) is 8.16. The highest BCUT2D eigenvalue weighted by atomic mass is 15.3. The first kappa shape index (κ1) is 29.5. The smallest absolute Gasteiger partial charge is 0.202 e. The van der Waals surface area contributed by atoms with Crippen LogP contribution in [-0.2, 0) is 6.42 Å². The molecule has 1 N–H and O–H groups in total. The zero-order valence-corrected chi connectivity index (χ0v) is 24.9. The van der Waals surface area contributed by atoms with E-state index in [9.17, 15) is 0 Å². The van der Waals surface area contributed by atoms with Crippen LogP contribution in [0.1, 0.15) is 107 Å². The van der Waals surface area contributed by atoms with Gasteiger partial charge in [-0.1, -0.05) is 91.8 Å². The lowest BCUT2D eigenvalue weighted by Crippen LogP contribution is -2.35. The Balaban J connectivity index is 2.72. The molecule has 4 nitrogen and oxygen atoms in total. The summed E-state index contributed by atoms with van der Waals surface area (Å²) in [7, 11) is 8.18. The van der Waals surface area contributed by atoms with Crippen LogP contribution in [0.2, 0.25) is 0 Å². The predicted molar refractivity (Wildman–Crippen MR) is 159 cm³/mol. The Morgan fingerprint density at radius 3 is 1.44 bits per heavy atom. The summed E-state index contributed by atoms with van der Waals surface area (Å²) < 4.78 is 0. The average Bonchev–Trinajstić information content (AvgIpc) is 2.79. The van der Waals surface area contributed by atoms with E-state index in [0.717, 1.165) is 18.2 Å². The molecule has 2 aromatic carbocycles. The third kappa shape index (κ3) is 7.38. The topological polar surface area (TPSA) is 30.9 Å². The van der Waals surface area contributed by atoms with E-state index in [1.165, 1.54) is 33.5 Å². The lowest BCUT2D eigenvalue weighted by atomic mass is 9.87. The van der Waals surface area contributed by atoms with Gasteiger partial charge in [-0.3, -0.25) is 0 Å². The largest absolute Gasteiger partial charge is 0.349 e. The van der Waals surface area contributed by atoms with Crippen LogP contribution in [0.25, 0.3) is 0 Å². The maximum Gasteiger partial charge on any atom is 0.202 e. The van der Waals surface area contributed by atoms with E-state index in [0.29, 0.717) is 23.7 Å².